The lowest BCUT2D eigenvalue weighted by atomic mass is 9.87. The van der Waals surface area contributed by atoms with Gasteiger partial charge in [0.2, 0.25) is 0 Å². The number of hydrogen-bond donors (Lipinski definition) is 0. The molecule has 2 fully saturated rings. The SMILES string of the molecule is COC1CCC(C(=O)OCCCOC(=O)C2CCC(OC)CC2)CC1. The van der Waals surface area contributed by atoms with Crippen molar-refractivity contribution in [1.82, 2.24) is 0 Å². The normalized spacial score (nSPS) is 29.8. The van der Waals surface area contributed by atoms with E-state index in [4.69, 9.17) is 18.9 Å². The van der Waals surface area contributed by atoms with E-state index in [-0.39, 0.29) is 36.0 Å². The van der Waals surface area contributed by atoms with Gasteiger partial charge in [-0.3, -0.25) is 9.59 Å². The molecular formula is C19H32O6. The average Bonchev–Trinajstić information content (AvgIpc) is 2.67. The minimum absolute atomic E-state index is 0.00933. The van der Waals surface area contributed by atoms with Crippen LogP contribution in [0.3, 0.4) is 0 Å². The Labute approximate surface area is 150 Å². The van der Waals surface area contributed by atoms with Crippen molar-refractivity contribution in [3.63, 3.8) is 0 Å². The van der Waals surface area contributed by atoms with E-state index in [1.807, 2.05) is 0 Å². The number of esters is 2. The van der Waals surface area contributed by atoms with Crippen molar-refractivity contribution in [1.29, 1.82) is 0 Å². The van der Waals surface area contributed by atoms with E-state index >= 15 is 0 Å². The fourth-order valence-electron chi connectivity index (χ4n) is 3.71. The van der Waals surface area contributed by atoms with Crippen LogP contribution in [0, 0.1) is 11.8 Å². The van der Waals surface area contributed by atoms with Gasteiger partial charge in [0.15, 0.2) is 0 Å². The van der Waals surface area contributed by atoms with Gasteiger partial charge in [-0.05, 0) is 51.4 Å². The monoisotopic (exact) mass is 356 g/mol. The molecule has 0 aliphatic heterocycles. The lowest BCUT2D eigenvalue weighted by Gasteiger charge is -2.26. The van der Waals surface area contributed by atoms with Crippen molar-refractivity contribution in [2.24, 2.45) is 11.8 Å². The number of methoxy groups -OCH3 is 2. The van der Waals surface area contributed by atoms with Crippen LogP contribution >= 0.6 is 0 Å². The van der Waals surface area contributed by atoms with E-state index in [9.17, 15) is 9.59 Å². The van der Waals surface area contributed by atoms with Crippen LogP contribution in [0.15, 0.2) is 0 Å². The second-order valence-electron chi connectivity index (χ2n) is 7.11. The predicted octanol–water partition coefficient (Wildman–Crippen LogP) is 2.87. The smallest absolute Gasteiger partial charge is 0.308 e. The van der Waals surface area contributed by atoms with Crippen molar-refractivity contribution in [2.75, 3.05) is 27.4 Å². The van der Waals surface area contributed by atoms with Crippen LogP contribution in [0.2, 0.25) is 0 Å². The third-order valence-corrected chi connectivity index (χ3v) is 5.46. The molecule has 0 aromatic rings. The number of carbonyl (C=O) groups is 2. The highest BCUT2D eigenvalue weighted by Gasteiger charge is 2.28. The van der Waals surface area contributed by atoms with Crippen LogP contribution in [0.4, 0.5) is 0 Å². The molecule has 0 unspecified atom stereocenters. The summed E-state index contributed by atoms with van der Waals surface area (Å²) in [5, 5.41) is 0. The van der Waals surface area contributed by atoms with Gasteiger partial charge in [-0.25, -0.2) is 0 Å². The lowest BCUT2D eigenvalue weighted by molar-refractivity contribution is -0.153. The molecule has 0 radical (unpaired) electrons. The summed E-state index contributed by atoms with van der Waals surface area (Å²) >= 11 is 0. The third kappa shape index (κ3) is 6.59. The maximum absolute atomic E-state index is 12.0. The second-order valence-corrected chi connectivity index (χ2v) is 7.11. The Hall–Kier alpha value is -1.14. The molecule has 2 aliphatic carbocycles. The second kappa shape index (κ2) is 10.8. The molecule has 0 spiro atoms. The molecule has 0 amide bonds. The fraction of sp³-hybridized carbons (Fsp3) is 0.895. The van der Waals surface area contributed by atoms with E-state index in [0.717, 1.165) is 51.4 Å². The maximum atomic E-state index is 12.0. The maximum Gasteiger partial charge on any atom is 0.308 e. The number of carbonyl (C=O) groups excluding carboxylic acids is 2. The zero-order valence-corrected chi connectivity index (χ0v) is 15.5. The van der Waals surface area contributed by atoms with E-state index in [0.29, 0.717) is 19.6 Å². The molecule has 144 valence electrons. The Balaban J connectivity index is 1.51. The third-order valence-electron chi connectivity index (χ3n) is 5.46. The highest BCUT2D eigenvalue weighted by Crippen LogP contribution is 2.27. The molecule has 25 heavy (non-hydrogen) atoms. The molecule has 6 heteroatoms. The molecule has 2 saturated carbocycles. The molecule has 0 N–H and O–H groups in total. The van der Waals surface area contributed by atoms with Crippen LogP contribution in [0.1, 0.15) is 57.8 Å². The van der Waals surface area contributed by atoms with Gasteiger partial charge in [-0.1, -0.05) is 0 Å². The summed E-state index contributed by atoms with van der Waals surface area (Å²) in [7, 11) is 3.43. The Morgan fingerprint density at radius 3 is 1.36 bits per heavy atom. The minimum atomic E-state index is -0.126. The first-order chi connectivity index (χ1) is 12.1. The van der Waals surface area contributed by atoms with Crippen LogP contribution in [-0.4, -0.2) is 51.6 Å². The summed E-state index contributed by atoms with van der Waals surface area (Å²) in [6.07, 6.45) is 8.10. The van der Waals surface area contributed by atoms with E-state index in [1.54, 1.807) is 14.2 Å². The van der Waals surface area contributed by atoms with Crippen molar-refractivity contribution < 1.29 is 28.5 Å². The summed E-state index contributed by atoms with van der Waals surface area (Å²) in [6.45, 7) is 0.624. The number of hydrogen-bond acceptors (Lipinski definition) is 6. The predicted molar refractivity (Wildman–Crippen MR) is 92.0 cm³/mol. The molecule has 2 aliphatic rings. The minimum Gasteiger partial charge on any atom is -0.465 e. The standard InChI is InChI=1S/C19H32O6/c1-22-16-8-4-14(5-9-16)18(20)24-12-3-13-25-19(21)15-6-10-17(23-2)11-7-15/h14-17H,3-13H2,1-2H3. The van der Waals surface area contributed by atoms with Gasteiger partial charge in [0.25, 0.3) is 0 Å². The van der Waals surface area contributed by atoms with E-state index in [2.05, 4.69) is 0 Å². The molecule has 6 nitrogen and oxygen atoms in total. The van der Waals surface area contributed by atoms with Gasteiger partial charge in [-0.15, -0.1) is 0 Å². The molecule has 0 saturated heterocycles. The lowest BCUT2D eigenvalue weighted by Crippen LogP contribution is -2.28. The molecule has 2 rings (SSSR count). The van der Waals surface area contributed by atoms with Crippen molar-refractivity contribution in [2.45, 2.75) is 70.0 Å². The number of rotatable bonds is 8. The first-order valence-corrected chi connectivity index (χ1v) is 9.53. The van der Waals surface area contributed by atoms with Crippen molar-refractivity contribution in [3.05, 3.63) is 0 Å². The topological polar surface area (TPSA) is 71.1 Å². The zero-order chi connectivity index (χ0) is 18.1. The first kappa shape index (κ1) is 20.2. The molecule has 0 atom stereocenters. The highest BCUT2D eigenvalue weighted by atomic mass is 16.5. The number of ether oxygens (including phenoxy) is 4. The van der Waals surface area contributed by atoms with Crippen LogP contribution in [0.5, 0.6) is 0 Å². The molecule has 0 bridgehead atoms. The zero-order valence-electron chi connectivity index (χ0n) is 15.5. The Morgan fingerprint density at radius 1 is 0.680 bits per heavy atom. The van der Waals surface area contributed by atoms with Crippen LogP contribution < -0.4 is 0 Å². The van der Waals surface area contributed by atoms with Gasteiger partial charge in [0, 0.05) is 20.6 Å². The Morgan fingerprint density at radius 2 is 1.04 bits per heavy atom. The van der Waals surface area contributed by atoms with E-state index < -0.39 is 0 Å². The van der Waals surface area contributed by atoms with Crippen LogP contribution in [-0.2, 0) is 28.5 Å². The van der Waals surface area contributed by atoms with Gasteiger partial charge in [0.05, 0.1) is 37.3 Å². The average molecular weight is 356 g/mol. The molecule has 0 aromatic carbocycles. The van der Waals surface area contributed by atoms with Gasteiger partial charge in [0.1, 0.15) is 0 Å². The van der Waals surface area contributed by atoms with Crippen LogP contribution in [0.25, 0.3) is 0 Å². The first-order valence-electron chi connectivity index (χ1n) is 9.53. The largest absolute Gasteiger partial charge is 0.465 e. The van der Waals surface area contributed by atoms with Crippen molar-refractivity contribution >= 4 is 11.9 Å². The van der Waals surface area contributed by atoms with Crippen molar-refractivity contribution in [3.8, 4) is 0 Å². The van der Waals surface area contributed by atoms with Gasteiger partial charge < -0.3 is 18.9 Å². The van der Waals surface area contributed by atoms with Gasteiger partial charge in [-0.2, -0.15) is 0 Å². The van der Waals surface area contributed by atoms with Gasteiger partial charge >= 0.3 is 11.9 Å². The molecule has 0 aromatic heterocycles. The Bertz CT molecular complexity index is 370. The highest BCUT2D eigenvalue weighted by molar-refractivity contribution is 5.73. The summed E-state index contributed by atoms with van der Waals surface area (Å²) < 4.78 is 21.3. The summed E-state index contributed by atoms with van der Waals surface area (Å²) in [4.78, 5) is 24.0. The Kier molecular flexibility index (Phi) is 8.68. The fourth-order valence-corrected chi connectivity index (χ4v) is 3.71. The summed E-state index contributed by atoms with van der Waals surface area (Å²) in [5.41, 5.74) is 0. The summed E-state index contributed by atoms with van der Waals surface area (Å²) in [6, 6.07) is 0. The quantitative estimate of drug-likeness (QED) is 0.492. The van der Waals surface area contributed by atoms with E-state index in [1.165, 1.54) is 0 Å². The molecular weight excluding hydrogens is 324 g/mol. The molecule has 0 heterocycles. The summed E-state index contributed by atoms with van der Waals surface area (Å²) in [5.74, 6) is -0.271.